The Morgan fingerprint density at radius 3 is 2.41 bits per heavy atom. The van der Waals surface area contributed by atoms with Crippen molar-refractivity contribution in [1.29, 1.82) is 0 Å². The van der Waals surface area contributed by atoms with E-state index in [1.807, 2.05) is 24.3 Å². The highest BCUT2D eigenvalue weighted by Gasteiger charge is 2.40. The van der Waals surface area contributed by atoms with Crippen LogP contribution in [0.15, 0.2) is 79.1 Å². The number of sulfonamides is 1. The van der Waals surface area contributed by atoms with Gasteiger partial charge in [-0.25, -0.2) is 17.5 Å². The maximum Gasteiger partial charge on any atom is 0.352 e. The standard InChI is InChI=1S/C45H48ClN5O11S2/c1-26(52)23-61-39-38(46)40(63-41(39)44(57)62-45(2,3)4)28-9-6-11-31(21-28)47-29-16-18-50(19-17-29)64(58,59)25-27-8-5-10-30(20-27)48-37(54)24-60-35-13-7-12-32-33(35)22-51(43(32)56)34-14-15-36(53)49-42(34)55/h5-13,20-21,29,34,47,52H,1,14-19,22-25H2,2-4H3,(H,48,54)(H,49,53,55). The van der Waals surface area contributed by atoms with Crippen molar-refractivity contribution in [2.45, 2.75) is 76.4 Å². The number of nitrogens with one attached hydrogen (secondary N) is 3. The smallest absolute Gasteiger partial charge is 0.352 e. The van der Waals surface area contributed by atoms with Gasteiger partial charge in [0.15, 0.2) is 17.2 Å². The number of amides is 4. The topological polar surface area (TPSA) is 210 Å². The minimum absolute atomic E-state index is 0.0326. The van der Waals surface area contributed by atoms with Gasteiger partial charge in [-0.3, -0.25) is 24.5 Å². The van der Waals surface area contributed by atoms with Crippen LogP contribution in [0.25, 0.3) is 10.4 Å². The maximum absolute atomic E-state index is 13.6. The van der Waals surface area contributed by atoms with Crippen molar-refractivity contribution in [2.75, 3.05) is 36.9 Å². The van der Waals surface area contributed by atoms with Gasteiger partial charge >= 0.3 is 5.97 Å². The second kappa shape index (κ2) is 19.0. The lowest BCUT2D eigenvalue weighted by Crippen LogP contribution is -2.52. The molecule has 1 atom stereocenters. The molecule has 64 heavy (non-hydrogen) atoms. The number of ether oxygens (including phenoxy) is 3. The van der Waals surface area contributed by atoms with Gasteiger partial charge < -0.3 is 34.9 Å². The number of esters is 1. The average Bonchev–Trinajstić information content (AvgIpc) is 3.75. The minimum atomic E-state index is -3.72. The lowest BCUT2D eigenvalue weighted by Gasteiger charge is -2.32. The summed E-state index contributed by atoms with van der Waals surface area (Å²) >= 11 is 7.88. The Hall–Kier alpha value is -5.95. The highest BCUT2D eigenvalue weighted by atomic mass is 35.5. The zero-order valence-electron chi connectivity index (χ0n) is 35.4. The molecule has 7 rings (SSSR count). The van der Waals surface area contributed by atoms with Crippen LogP contribution in [0.3, 0.4) is 0 Å². The van der Waals surface area contributed by atoms with Gasteiger partial charge in [0.1, 0.15) is 34.8 Å². The number of thiophene rings is 1. The molecule has 3 aliphatic rings. The van der Waals surface area contributed by atoms with Crippen LogP contribution in [0.1, 0.15) is 77.6 Å². The third-order valence-electron chi connectivity index (χ3n) is 10.6. The molecule has 2 fully saturated rings. The first-order valence-corrected chi connectivity index (χ1v) is 23.3. The zero-order valence-corrected chi connectivity index (χ0v) is 37.8. The van der Waals surface area contributed by atoms with Crippen LogP contribution in [-0.4, -0.2) is 96.3 Å². The van der Waals surface area contributed by atoms with E-state index in [0.717, 1.165) is 17.0 Å². The number of anilines is 2. The lowest BCUT2D eigenvalue weighted by atomic mass is 10.0. The molecule has 338 valence electrons. The molecule has 0 saturated carbocycles. The van der Waals surface area contributed by atoms with Crippen molar-refractivity contribution in [3.63, 3.8) is 0 Å². The Balaban J connectivity index is 0.919. The number of aliphatic hydroxyl groups excluding tert-OH is 1. The number of piperidine rings is 2. The molecule has 16 nitrogen and oxygen atoms in total. The summed E-state index contributed by atoms with van der Waals surface area (Å²) in [6.45, 7) is 8.72. The molecule has 19 heteroatoms. The van der Waals surface area contributed by atoms with Gasteiger partial charge in [-0.1, -0.05) is 48.5 Å². The third-order valence-corrected chi connectivity index (χ3v) is 14.1. The summed E-state index contributed by atoms with van der Waals surface area (Å²) in [6.07, 6.45) is 1.43. The van der Waals surface area contributed by atoms with E-state index in [1.54, 1.807) is 63.2 Å². The highest BCUT2D eigenvalue weighted by Crippen LogP contribution is 2.47. The van der Waals surface area contributed by atoms with E-state index in [-0.39, 0.29) is 71.0 Å². The van der Waals surface area contributed by atoms with Crippen molar-refractivity contribution >= 4 is 73.9 Å². The number of hydrogen-bond donors (Lipinski definition) is 4. The number of nitrogens with zero attached hydrogens (tertiary/aromatic N) is 2. The summed E-state index contributed by atoms with van der Waals surface area (Å²) in [5, 5.41) is 18.4. The van der Waals surface area contributed by atoms with Crippen molar-refractivity contribution in [2.24, 2.45) is 0 Å². The van der Waals surface area contributed by atoms with E-state index in [2.05, 4.69) is 22.5 Å². The van der Waals surface area contributed by atoms with Crippen LogP contribution in [0, 0.1) is 0 Å². The molecule has 0 aliphatic carbocycles. The normalized spacial score (nSPS) is 17.1. The van der Waals surface area contributed by atoms with Gasteiger partial charge in [-0.2, -0.15) is 0 Å². The Bertz CT molecular complexity index is 2620. The predicted octanol–water partition coefficient (Wildman–Crippen LogP) is 6.66. The SMILES string of the molecule is C=C(O)COc1c(C(=O)OC(C)(C)C)sc(-c2cccc(NC3CCN(S(=O)(=O)Cc4cccc(NC(=O)COc5cccc6c5CN(C5CCC(=O)NC5=O)C6=O)c4)CC3)c2)c1Cl. The van der Waals surface area contributed by atoms with Gasteiger partial charge in [0.05, 0.1) is 17.2 Å². The largest absolute Gasteiger partial charge is 0.509 e. The number of aliphatic hydroxyl groups is 1. The maximum atomic E-state index is 13.6. The number of hydrogen-bond acceptors (Lipinski definition) is 13. The van der Waals surface area contributed by atoms with Crippen LogP contribution >= 0.6 is 22.9 Å². The Kier molecular flexibility index (Phi) is 13.7. The molecule has 0 bridgehead atoms. The molecule has 3 aromatic carbocycles. The van der Waals surface area contributed by atoms with Crippen molar-refractivity contribution in [3.8, 4) is 21.9 Å². The van der Waals surface area contributed by atoms with Crippen molar-refractivity contribution < 1.29 is 51.7 Å². The summed E-state index contributed by atoms with van der Waals surface area (Å²) in [5.41, 5.74) is 2.49. The predicted molar refractivity (Wildman–Crippen MR) is 241 cm³/mol. The highest BCUT2D eigenvalue weighted by molar-refractivity contribution is 7.88. The molecule has 4 amide bonds. The first kappa shape index (κ1) is 46.1. The van der Waals surface area contributed by atoms with Gasteiger partial charge in [-0.05, 0) is 87.6 Å². The fraction of sp³-hybridized carbons (Fsp3) is 0.356. The number of fused-ring (bicyclic) bond motifs is 1. The number of carbonyl (C=O) groups excluding carboxylic acids is 5. The first-order chi connectivity index (χ1) is 30.3. The van der Waals surface area contributed by atoms with Crippen LogP contribution < -0.4 is 25.4 Å². The van der Waals surface area contributed by atoms with E-state index in [4.69, 9.17) is 25.8 Å². The van der Waals surface area contributed by atoms with Gasteiger partial charge in [0, 0.05) is 48.1 Å². The monoisotopic (exact) mass is 933 g/mol. The summed E-state index contributed by atoms with van der Waals surface area (Å²) in [7, 11) is -3.72. The summed E-state index contributed by atoms with van der Waals surface area (Å²) in [6, 6.07) is 18.1. The van der Waals surface area contributed by atoms with Crippen molar-refractivity contribution in [1.82, 2.24) is 14.5 Å². The van der Waals surface area contributed by atoms with E-state index in [9.17, 15) is 37.5 Å². The molecule has 1 aromatic heterocycles. The first-order valence-electron chi connectivity index (χ1n) is 20.5. The van der Waals surface area contributed by atoms with Gasteiger partial charge in [-0.15, -0.1) is 11.3 Å². The van der Waals surface area contributed by atoms with Crippen molar-refractivity contribution in [3.05, 3.63) is 106 Å². The lowest BCUT2D eigenvalue weighted by molar-refractivity contribution is -0.137. The molecule has 0 radical (unpaired) electrons. The van der Waals surface area contributed by atoms with Crippen LogP contribution in [-0.2, 0) is 41.4 Å². The van der Waals surface area contributed by atoms with E-state index in [0.29, 0.717) is 64.5 Å². The van der Waals surface area contributed by atoms with E-state index in [1.165, 1.54) is 9.21 Å². The molecule has 1 unspecified atom stereocenters. The molecule has 0 spiro atoms. The zero-order chi connectivity index (χ0) is 45.9. The molecular formula is C45H48ClN5O11S2. The molecule has 4 N–H and O–H groups in total. The molecular weight excluding hydrogens is 886 g/mol. The van der Waals surface area contributed by atoms with Gasteiger partial charge in [0.2, 0.25) is 21.8 Å². The summed E-state index contributed by atoms with van der Waals surface area (Å²) < 4.78 is 45.8. The third kappa shape index (κ3) is 10.9. The summed E-state index contributed by atoms with van der Waals surface area (Å²) in [4.78, 5) is 65.5. The molecule has 4 heterocycles. The van der Waals surface area contributed by atoms with Crippen LogP contribution in [0.5, 0.6) is 11.5 Å². The average molecular weight is 934 g/mol. The number of carbonyl (C=O) groups is 5. The second-order valence-corrected chi connectivity index (χ2v) is 20.0. The Morgan fingerprint density at radius 1 is 0.969 bits per heavy atom. The summed E-state index contributed by atoms with van der Waals surface area (Å²) in [5.74, 6) is -2.48. The second-order valence-electron chi connectivity index (χ2n) is 16.6. The number of imide groups is 1. The van der Waals surface area contributed by atoms with Crippen LogP contribution in [0.4, 0.5) is 11.4 Å². The minimum Gasteiger partial charge on any atom is -0.509 e. The number of halogens is 1. The number of benzene rings is 3. The molecule has 2 saturated heterocycles. The number of rotatable bonds is 15. The molecule has 3 aliphatic heterocycles. The Morgan fingerprint density at radius 2 is 1.69 bits per heavy atom. The fourth-order valence-corrected chi connectivity index (χ4v) is 10.7. The Labute approximate surface area is 379 Å². The quantitative estimate of drug-likeness (QED) is 0.0561. The van der Waals surface area contributed by atoms with E-state index < -0.39 is 46.1 Å². The molecule has 4 aromatic rings. The van der Waals surface area contributed by atoms with Gasteiger partial charge in [0.25, 0.3) is 11.8 Å². The van der Waals surface area contributed by atoms with E-state index >= 15 is 0 Å². The van der Waals surface area contributed by atoms with Crippen LogP contribution in [0.2, 0.25) is 5.02 Å². The fourth-order valence-electron chi connectivity index (χ4n) is 7.66.